The third kappa shape index (κ3) is 6.57. The summed E-state index contributed by atoms with van der Waals surface area (Å²) in [5, 5.41) is 5.65. The van der Waals surface area contributed by atoms with Crippen LogP contribution >= 0.6 is 0 Å². The molecule has 1 heterocycles. The maximum Gasteiger partial charge on any atom is 0.408 e. The Hall–Kier alpha value is -3.35. The maximum absolute atomic E-state index is 13.1. The fraction of sp³-hybridized carbons (Fsp3) is 0.400. The van der Waals surface area contributed by atoms with Gasteiger partial charge in [0, 0.05) is 24.7 Å². The van der Waals surface area contributed by atoms with Crippen LogP contribution in [0.25, 0.3) is 0 Å². The highest BCUT2D eigenvalue weighted by Gasteiger charge is 2.33. The summed E-state index contributed by atoms with van der Waals surface area (Å²) in [6.07, 6.45) is 0.569. The summed E-state index contributed by atoms with van der Waals surface area (Å²) in [6.45, 7) is 4.89. The highest BCUT2D eigenvalue weighted by Crippen LogP contribution is 2.21. The lowest BCUT2D eigenvalue weighted by Gasteiger charge is -2.34. The first-order chi connectivity index (χ1) is 15.4. The molecule has 0 aromatic heterocycles. The van der Waals surface area contributed by atoms with Gasteiger partial charge in [0.15, 0.2) is 0 Å². The molecule has 0 radical (unpaired) electrons. The van der Waals surface area contributed by atoms with Gasteiger partial charge in [-0.1, -0.05) is 62.4 Å². The Bertz CT molecular complexity index is 894. The average Bonchev–Trinajstić information content (AvgIpc) is 2.82. The first kappa shape index (κ1) is 23.3. The van der Waals surface area contributed by atoms with Crippen molar-refractivity contribution in [3.8, 4) is 0 Å². The lowest BCUT2D eigenvalue weighted by Crippen LogP contribution is -2.53. The van der Waals surface area contributed by atoms with E-state index in [9.17, 15) is 14.4 Å². The Kier molecular flexibility index (Phi) is 8.25. The molecule has 1 aliphatic heterocycles. The highest BCUT2D eigenvalue weighted by molar-refractivity contribution is 5.93. The summed E-state index contributed by atoms with van der Waals surface area (Å²) >= 11 is 0. The molecule has 0 bridgehead atoms. The Labute approximate surface area is 189 Å². The van der Waals surface area contributed by atoms with Crippen molar-refractivity contribution in [3.05, 3.63) is 66.2 Å². The fourth-order valence-electron chi connectivity index (χ4n) is 3.73. The molecule has 3 rings (SSSR count). The quantitative estimate of drug-likeness (QED) is 0.689. The normalized spacial score (nSPS) is 15.2. The minimum Gasteiger partial charge on any atom is -0.445 e. The molecule has 0 unspecified atom stereocenters. The number of piperidine rings is 1. The highest BCUT2D eigenvalue weighted by atomic mass is 16.5. The smallest absolute Gasteiger partial charge is 0.408 e. The number of alkyl carbamates (subject to hydrolysis) is 1. The molecule has 1 saturated heterocycles. The van der Waals surface area contributed by atoms with Gasteiger partial charge in [-0.05, 0) is 36.5 Å². The third-order valence-corrected chi connectivity index (χ3v) is 5.64. The summed E-state index contributed by atoms with van der Waals surface area (Å²) in [6, 6.07) is 18.1. The second kappa shape index (κ2) is 11.3. The average molecular weight is 438 g/mol. The minimum absolute atomic E-state index is 0.0219. The number of anilines is 1. The number of nitrogens with one attached hydrogen (secondary N) is 2. The van der Waals surface area contributed by atoms with Crippen molar-refractivity contribution in [1.29, 1.82) is 0 Å². The van der Waals surface area contributed by atoms with E-state index >= 15 is 0 Å². The van der Waals surface area contributed by atoms with Crippen molar-refractivity contribution in [2.45, 2.75) is 39.3 Å². The zero-order valence-electron chi connectivity index (χ0n) is 18.6. The Morgan fingerprint density at radius 1 is 0.969 bits per heavy atom. The van der Waals surface area contributed by atoms with Crippen molar-refractivity contribution < 1.29 is 19.1 Å². The van der Waals surface area contributed by atoms with E-state index in [1.54, 1.807) is 4.90 Å². The van der Waals surface area contributed by atoms with E-state index in [1.165, 1.54) is 0 Å². The van der Waals surface area contributed by atoms with Crippen LogP contribution in [-0.2, 0) is 20.9 Å². The molecule has 2 aromatic rings. The van der Waals surface area contributed by atoms with Crippen molar-refractivity contribution in [3.63, 3.8) is 0 Å². The van der Waals surface area contributed by atoms with Gasteiger partial charge in [-0.25, -0.2) is 4.79 Å². The van der Waals surface area contributed by atoms with Gasteiger partial charge in [0.25, 0.3) is 0 Å². The van der Waals surface area contributed by atoms with Crippen LogP contribution in [0.5, 0.6) is 0 Å². The molecule has 2 aromatic carbocycles. The van der Waals surface area contributed by atoms with Gasteiger partial charge in [-0.15, -0.1) is 0 Å². The molecule has 1 fully saturated rings. The van der Waals surface area contributed by atoms with E-state index in [0.29, 0.717) is 25.9 Å². The second-order valence-electron chi connectivity index (χ2n) is 8.38. The molecule has 0 aliphatic carbocycles. The van der Waals surface area contributed by atoms with Crippen LogP contribution in [0.2, 0.25) is 0 Å². The van der Waals surface area contributed by atoms with Crippen LogP contribution in [-0.4, -0.2) is 41.9 Å². The van der Waals surface area contributed by atoms with Gasteiger partial charge in [0.1, 0.15) is 12.6 Å². The van der Waals surface area contributed by atoms with E-state index in [4.69, 9.17) is 4.74 Å². The van der Waals surface area contributed by atoms with Crippen molar-refractivity contribution >= 4 is 23.6 Å². The molecule has 3 amide bonds. The number of rotatable bonds is 7. The van der Waals surface area contributed by atoms with Crippen molar-refractivity contribution in [1.82, 2.24) is 10.2 Å². The number of amides is 3. The summed E-state index contributed by atoms with van der Waals surface area (Å²) < 4.78 is 5.28. The SMILES string of the molecule is CC(C)[C@@H](NC(=O)OCc1ccccc1)C(=O)N1CCC(C(=O)Nc2ccccc2)CC1. The van der Waals surface area contributed by atoms with Gasteiger partial charge >= 0.3 is 6.09 Å². The van der Waals surface area contributed by atoms with Crippen LogP contribution < -0.4 is 10.6 Å². The molecule has 0 spiro atoms. The molecule has 170 valence electrons. The first-order valence-corrected chi connectivity index (χ1v) is 11.1. The number of hydrogen-bond acceptors (Lipinski definition) is 4. The number of likely N-dealkylation sites (tertiary alicyclic amines) is 1. The van der Waals surface area contributed by atoms with Crippen LogP contribution in [0.15, 0.2) is 60.7 Å². The molecular formula is C25H31N3O4. The number of carbonyl (C=O) groups is 3. The first-order valence-electron chi connectivity index (χ1n) is 11.1. The zero-order chi connectivity index (χ0) is 22.9. The number of para-hydroxylation sites is 1. The topological polar surface area (TPSA) is 87.7 Å². The number of hydrogen-bond donors (Lipinski definition) is 2. The predicted octanol–water partition coefficient (Wildman–Crippen LogP) is 3.81. The Balaban J connectivity index is 1.48. The number of nitrogens with zero attached hydrogens (tertiary/aromatic N) is 1. The van der Waals surface area contributed by atoms with E-state index in [0.717, 1.165) is 11.3 Å². The Morgan fingerprint density at radius 3 is 2.16 bits per heavy atom. The van der Waals surface area contributed by atoms with Crippen LogP contribution in [0.4, 0.5) is 10.5 Å². The molecule has 1 atom stereocenters. The lowest BCUT2D eigenvalue weighted by atomic mass is 9.94. The van der Waals surface area contributed by atoms with Gasteiger partial charge in [-0.3, -0.25) is 9.59 Å². The molecular weight excluding hydrogens is 406 g/mol. The van der Waals surface area contributed by atoms with Crippen molar-refractivity contribution in [2.75, 3.05) is 18.4 Å². The number of ether oxygens (including phenoxy) is 1. The summed E-state index contributed by atoms with van der Waals surface area (Å²) in [5.41, 5.74) is 1.65. The molecule has 0 saturated carbocycles. The molecule has 2 N–H and O–H groups in total. The predicted molar refractivity (Wildman–Crippen MR) is 123 cm³/mol. The Morgan fingerprint density at radius 2 is 1.56 bits per heavy atom. The maximum atomic E-state index is 13.1. The zero-order valence-corrected chi connectivity index (χ0v) is 18.6. The van der Waals surface area contributed by atoms with Crippen LogP contribution in [0.3, 0.4) is 0 Å². The molecule has 32 heavy (non-hydrogen) atoms. The fourth-order valence-corrected chi connectivity index (χ4v) is 3.73. The van der Waals surface area contributed by atoms with Crippen LogP contribution in [0, 0.1) is 11.8 Å². The van der Waals surface area contributed by atoms with Crippen molar-refractivity contribution in [2.24, 2.45) is 11.8 Å². The second-order valence-corrected chi connectivity index (χ2v) is 8.38. The summed E-state index contributed by atoms with van der Waals surface area (Å²) in [5.74, 6) is -0.392. The lowest BCUT2D eigenvalue weighted by molar-refractivity contribution is -0.137. The van der Waals surface area contributed by atoms with E-state index in [-0.39, 0.29) is 30.3 Å². The summed E-state index contributed by atoms with van der Waals surface area (Å²) in [7, 11) is 0. The number of carbonyl (C=O) groups excluding carboxylic acids is 3. The molecule has 7 heteroatoms. The standard InChI is InChI=1S/C25H31N3O4/c1-18(2)22(27-25(31)32-17-19-9-5-3-6-10-19)24(30)28-15-13-20(14-16-28)23(29)26-21-11-7-4-8-12-21/h3-12,18,20,22H,13-17H2,1-2H3,(H,26,29)(H,27,31)/t22-/m1/s1. The summed E-state index contributed by atoms with van der Waals surface area (Å²) in [4.78, 5) is 39.6. The molecule has 7 nitrogen and oxygen atoms in total. The van der Waals surface area contributed by atoms with Gasteiger partial charge < -0.3 is 20.3 Å². The minimum atomic E-state index is -0.673. The van der Waals surface area contributed by atoms with Gasteiger partial charge in [0.2, 0.25) is 11.8 Å². The van der Waals surface area contributed by atoms with E-state index < -0.39 is 12.1 Å². The largest absolute Gasteiger partial charge is 0.445 e. The monoisotopic (exact) mass is 437 g/mol. The van der Waals surface area contributed by atoms with Crippen LogP contribution in [0.1, 0.15) is 32.3 Å². The number of benzene rings is 2. The van der Waals surface area contributed by atoms with Gasteiger partial charge in [-0.2, -0.15) is 0 Å². The van der Waals surface area contributed by atoms with E-state index in [2.05, 4.69) is 10.6 Å². The van der Waals surface area contributed by atoms with E-state index in [1.807, 2.05) is 74.5 Å². The molecule has 1 aliphatic rings. The third-order valence-electron chi connectivity index (χ3n) is 5.64. The van der Waals surface area contributed by atoms with Gasteiger partial charge in [0.05, 0.1) is 0 Å².